The van der Waals surface area contributed by atoms with Crippen molar-refractivity contribution in [3.8, 4) is 0 Å². The predicted molar refractivity (Wildman–Crippen MR) is 110 cm³/mol. The van der Waals surface area contributed by atoms with E-state index in [2.05, 4.69) is 5.32 Å². The van der Waals surface area contributed by atoms with Gasteiger partial charge < -0.3 is 10.2 Å². The summed E-state index contributed by atoms with van der Waals surface area (Å²) < 4.78 is 23.7. The maximum Gasteiger partial charge on any atom is 0.251 e. The number of carbonyl (C=O) groups is 2. The summed E-state index contributed by atoms with van der Waals surface area (Å²) in [7, 11) is 0.411. The molecule has 8 heteroatoms. The Labute approximate surface area is 168 Å². The van der Waals surface area contributed by atoms with Gasteiger partial charge in [-0.25, -0.2) is 8.42 Å². The largest absolute Gasteiger partial charge is 0.355 e. The van der Waals surface area contributed by atoms with Crippen LogP contribution in [0.1, 0.15) is 42.6 Å². The van der Waals surface area contributed by atoms with E-state index >= 15 is 0 Å². The molecule has 1 saturated heterocycles. The zero-order valence-electron chi connectivity index (χ0n) is 17.1. The fourth-order valence-electron chi connectivity index (χ4n) is 3.59. The molecular weight excluding hydrogens is 378 g/mol. The Kier molecular flexibility index (Phi) is 7.60. The number of likely N-dealkylation sites (N-methyl/N-ethyl adjacent to an activating group) is 1. The van der Waals surface area contributed by atoms with Crippen molar-refractivity contribution in [1.82, 2.24) is 15.1 Å². The minimum Gasteiger partial charge on any atom is -0.355 e. The molecule has 1 aromatic carbocycles. The van der Waals surface area contributed by atoms with E-state index in [4.69, 9.17) is 0 Å². The number of rotatable bonds is 8. The molecule has 0 unspecified atom stereocenters. The van der Waals surface area contributed by atoms with Gasteiger partial charge in [0.1, 0.15) is 0 Å². The van der Waals surface area contributed by atoms with Crippen LogP contribution in [0.15, 0.2) is 24.3 Å². The Balaban J connectivity index is 2.01. The monoisotopic (exact) mass is 409 g/mol. The van der Waals surface area contributed by atoms with E-state index in [-0.39, 0.29) is 41.9 Å². The quantitative estimate of drug-likeness (QED) is 0.699. The van der Waals surface area contributed by atoms with Crippen molar-refractivity contribution in [3.05, 3.63) is 35.4 Å². The highest BCUT2D eigenvalue weighted by Crippen LogP contribution is 2.21. The molecule has 1 heterocycles. The third-order valence-corrected chi connectivity index (χ3v) is 7.01. The molecule has 1 aliphatic rings. The van der Waals surface area contributed by atoms with Crippen molar-refractivity contribution in [2.45, 2.75) is 45.3 Å². The van der Waals surface area contributed by atoms with Gasteiger partial charge >= 0.3 is 0 Å². The summed E-state index contributed by atoms with van der Waals surface area (Å²) in [6.45, 7) is 4.77. The molecule has 0 bridgehead atoms. The zero-order valence-corrected chi connectivity index (χ0v) is 18.0. The van der Waals surface area contributed by atoms with E-state index in [0.717, 1.165) is 12.0 Å². The predicted octanol–water partition coefficient (Wildman–Crippen LogP) is 1.29. The Morgan fingerprint density at radius 3 is 2.39 bits per heavy atom. The maximum atomic E-state index is 13.0. The molecule has 1 aromatic rings. The van der Waals surface area contributed by atoms with Gasteiger partial charge in [0.2, 0.25) is 5.91 Å². The first-order chi connectivity index (χ1) is 13.2. The van der Waals surface area contributed by atoms with Crippen LogP contribution in [0.4, 0.5) is 0 Å². The average Bonchev–Trinajstić information content (AvgIpc) is 3.00. The standard InChI is InChI=1S/C20H31N3O4S/c1-5-15(2)23(18-10-11-28(26,27)14-18)19(24)13-22(4)12-16-6-8-17(9-7-16)20(25)21-3/h6-9,15,18H,5,10-14H2,1-4H3,(H,21,25)/t15-,18+/m0/s1. The second-order valence-electron chi connectivity index (χ2n) is 7.56. The number of amides is 2. The highest BCUT2D eigenvalue weighted by molar-refractivity contribution is 7.91. The second-order valence-corrected chi connectivity index (χ2v) is 9.79. The Morgan fingerprint density at radius 1 is 1.25 bits per heavy atom. The molecule has 0 spiro atoms. The molecule has 0 radical (unpaired) electrons. The summed E-state index contributed by atoms with van der Waals surface area (Å²) in [6.07, 6.45) is 1.30. The summed E-state index contributed by atoms with van der Waals surface area (Å²) in [4.78, 5) is 28.3. The topological polar surface area (TPSA) is 86.8 Å². The van der Waals surface area contributed by atoms with Crippen LogP contribution < -0.4 is 5.32 Å². The van der Waals surface area contributed by atoms with E-state index in [0.29, 0.717) is 18.5 Å². The van der Waals surface area contributed by atoms with Crippen LogP contribution in [0, 0.1) is 0 Å². The van der Waals surface area contributed by atoms with Gasteiger partial charge in [0.05, 0.1) is 18.1 Å². The molecule has 0 aliphatic carbocycles. The van der Waals surface area contributed by atoms with Gasteiger partial charge in [0, 0.05) is 31.2 Å². The number of carbonyl (C=O) groups excluding carboxylic acids is 2. The van der Waals surface area contributed by atoms with Crippen LogP contribution in [0.3, 0.4) is 0 Å². The summed E-state index contributed by atoms with van der Waals surface area (Å²) in [5.74, 6) is 0.0471. The fourth-order valence-corrected chi connectivity index (χ4v) is 5.30. The number of nitrogens with zero attached hydrogens (tertiary/aromatic N) is 2. The van der Waals surface area contributed by atoms with E-state index in [1.807, 2.05) is 37.9 Å². The van der Waals surface area contributed by atoms with Crippen LogP contribution in [-0.2, 0) is 21.2 Å². The molecule has 2 rings (SSSR count). The number of hydrogen-bond donors (Lipinski definition) is 1. The van der Waals surface area contributed by atoms with Crippen molar-refractivity contribution >= 4 is 21.7 Å². The molecule has 1 fully saturated rings. The minimum atomic E-state index is -3.05. The van der Waals surface area contributed by atoms with Gasteiger partial charge in [-0.3, -0.25) is 14.5 Å². The van der Waals surface area contributed by atoms with Gasteiger partial charge in [0.25, 0.3) is 5.91 Å². The van der Waals surface area contributed by atoms with Crippen LogP contribution in [0.5, 0.6) is 0 Å². The molecular formula is C20H31N3O4S. The summed E-state index contributed by atoms with van der Waals surface area (Å²) in [5, 5.41) is 2.59. The third kappa shape index (κ3) is 5.78. The van der Waals surface area contributed by atoms with Crippen molar-refractivity contribution in [2.24, 2.45) is 0 Å². The first-order valence-corrected chi connectivity index (χ1v) is 11.5. The first kappa shape index (κ1) is 22.4. The van der Waals surface area contributed by atoms with E-state index in [9.17, 15) is 18.0 Å². The molecule has 7 nitrogen and oxygen atoms in total. The van der Waals surface area contributed by atoms with Crippen molar-refractivity contribution in [3.63, 3.8) is 0 Å². The number of nitrogens with one attached hydrogen (secondary N) is 1. The molecule has 156 valence electrons. The van der Waals surface area contributed by atoms with Crippen LogP contribution in [0.25, 0.3) is 0 Å². The van der Waals surface area contributed by atoms with Gasteiger partial charge in [-0.15, -0.1) is 0 Å². The van der Waals surface area contributed by atoms with Crippen molar-refractivity contribution < 1.29 is 18.0 Å². The molecule has 1 aliphatic heterocycles. The molecule has 0 aromatic heterocycles. The van der Waals surface area contributed by atoms with E-state index in [1.54, 1.807) is 24.1 Å². The SMILES string of the molecule is CC[C@H](C)N(C(=O)CN(C)Cc1ccc(C(=O)NC)cc1)[C@@H]1CCS(=O)(=O)C1. The van der Waals surface area contributed by atoms with E-state index in [1.165, 1.54) is 0 Å². The number of hydrogen-bond acceptors (Lipinski definition) is 5. The zero-order chi connectivity index (χ0) is 20.9. The summed E-state index contributed by atoms with van der Waals surface area (Å²) in [5.41, 5.74) is 1.59. The Bertz CT molecular complexity index is 792. The lowest BCUT2D eigenvalue weighted by Gasteiger charge is -2.35. The molecule has 1 N–H and O–H groups in total. The van der Waals surface area contributed by atoms with Crippen LogP contribution >= 0.6 is 0 Å². The van der Waals surface area contributed by atoms with Crippen LogP contribution in [0.2, 0.25) is 0 Å². The highest BCUT2D eigenvalue weighted by atomic mass is 32.2. The second kappa shape index (κ2) is 9.52. The number of sulfone groups is 1. The minimum absolute atomic E-state index is 0.00559. The van der Waals surface area contributed by atoms with Gasteiger partial charge in [-0.2, -0.15) is 0 Å². The smallest absolute Gasteiger partial charge is 0.251 e. The molecule has 2 atom stereocenters. The van der Waals surface area contributed by atoms with Gasteiger partial charge in [0.15, 0.2) is 9.84 Å². The first-order valence-electron chi connectivity index (χ1n) is 9.68. The lowest BCUT2D eigenvalue weighted by Crippen LogP contribution is -2.49. The molecule has 0 saturated carbocycles. The van der Waals surface area contributed by atoms with E-state index < -0.39 is 9.84 Å². The Morgan fingerprint density at radius 2 is 1.89 bits per heavy atom. The van der Waals surface area contributed by atoms with Crippen molar-refractivity contribution in [1.29, 1.82) is 0 Å². The number of benzene rings is 1. The average molecular weight is 410 g/mol. The Hall–Kier alpha value is -1.93. The van der Waals surface area contributed by atoms with Crippen LogP contribution in [-0.4, -0.2) is 74.3 Å². The fraction of sp³-hybridized carbons (Fsp3) is 0.600. The summed E-state index contributed by atoms with van der Waals surface area (Å²) >= 11 is 0. The lowest BCUT2D eigenvalue weighted by atomic mass is 10.1. The van der Waals surface area contributed by atoms with Gasteiger partial charge in [-0.1, -0.05) is 19.1 Å². The molecule has 28 heavy (non-hydrogen) atoms. The lowest BCUT2D eigenvalue weighted by molar-refractivity contribution is -0.136. The highest BCUT2D eigenvalue weighted by Gasteiger charge is 2.36. The maximum absolute atomic E-state index is 13.0. The van der Waals surface area contributed by atoms with Gasteiger partial charge in [-0.05, 0) is 44.5 Å². The summed E-state index contributed by atoms with van der Waals surface area (Å²) in [6, 6.07) is 7.05. The van der Waals surface area contributed by atoms with Crippen molar-refractivity contribution in [2.75, 3.05) is 32.1 Å². The third-order valence-electron chi connectivity index (χ3n) is 5.26. The molecule has 2 amide bonds. The normalized spacial score (nSPS) is 19.4.